The predicted molar refractivity (Wildman–Crippen MR) is 96.4 cm³/mol. The number of piperidine rings is 1. The van der Waals surface area contributed by atoms with E-state index in [1.54, 1.807) is 6.20 Å². The zero-order valence-electron chi connectivity index (χ0n) is 15.1. The van der Waals surface area contributed by atoms with Crippen LogP contribution in [0.3, 0.4) is 0 Å². The van der Waals surface area contributed by atoms with E-state index in [0.29, 0.717) is 5.92 Å². The van der Waals surface area contributed by atoms with Gasteiger partial charge in [0.1, 0.15) is 0 Å². The molecular formula is C17H31ClN4O. The van der Waals surface area contributed by atoms with E-state index in [1.165, 1.54) is 0 Å². The summed E-state index contributed by atoms with van der Waals surface area (Å²) in [6.07, 6.45) is 4.75. The molecule has 1 amide bonds. The Bertz CT molecular complexity index is 513. The van der Waals surface area contributed by atoms with Gasteiger partial charge in [0.15, 0.2) is 0 Å². The van der Waals surface area contributed by atoms with E-state index in [0.717, 1.165) is 50.2 Å². The number of rotatable bonds is 4. The van der Waals surface area contributed by atoms with Crippen molar-refractivity contribution in [3.63, 3.8) is 0 Å². The summed E-state index contributed by atoms with van der Waals surface area (Å²) in [6.45, 7) is 11.2. The van der Waals surface area contributed by atoms with Crippen molar-refractivity contribution in [3.8, 4) is 0 Å². The first-order valence-corrected chi connectivity index (χ1v) is 8.39. The van der Waals surface area contributed by atoms with E-state index >= 15 is 0 Å². The highest BCUT2D eigenvalue weighted by atomic mass is 35.5. The molecule has 0 unspecified atom stereocenters. The Labute approximate surface area is 146 Å². The zero-order chi connectivity index (χ0) is 16.3. The van der Waals surface area contributed by atoms with E-state index in [4.69, 9.17) is 0 Å². The molecule has 23 heavy (non-hydrogen) atoms. The number of nitrogens with zero attached hydrogens (tertiary/aromatic N) is 3. The fourth-order valence-electron chi connectivity index (χ4n) is 3.27. The molecule has 1 aromatic rings. The Morgan fingerprint density at radius 3 is 2.43 bits per heavy atom. The van der Waals surface area contributed by atoms with Gasteiger partial charge in [-0.25, -0.2) is 0 Å². The van der Waals surface area contributed by atoms with Gasteiger partial charge in [0.05, 0.1) is 23.0 Å². The van der Waals surface area contributed by atoms with E-state index in [1.807, 2.05) is 16.6 Å². The maximum atomic E-state index is 12.8. The molecule has 1 saturated heterocycles. The predicted octanol–water partition coefficient (Wildman–Crippen LogP) is 2.69. The number of carbonyl (C=O) groups excluding carboxylic acids is 1. The molecule has 1 fully saturated rings. The van der Waals surface area contributed by atoms with Crippen LogP contribution in [0.15, 0.2) is 6.20 Å². The van der Waals surface area contributed by atoms with Crippen LogP contribution in [0.5, 0.6) is 0 Å². The van der Waals surface area contributed by atoms with Crippen molar-refractivity contribution in [2.45, 2.75) is 52.5 Å². The molecule has 5 nitrogen and oxygen atoms in total. The van der Waals surface area contributed by atoms with Crippen LogP contribution in [0.1, 0.15) is 56.6 Å². The first-order chi connectivity index (χ1) is 10.4. The largest absolute Gasteiger partial charge is 0.339 e. The fraction of sp³-hybridized carbons (Fsp3) is 0.765. The molecule has 0 saturated carbocycles. The lowest BCUT2D eigenvalue weighted by Gasteiger charge is -2.32. The van der Waals surface area contributed by atoms with Crippen LogP contribution in [0.2, 0.25) is 0 Å². The molecule has 6 heteroatoms. The molecule has 1 aliphatic rings. The lowest BCUT2D eigenvalue weighted by Crippen LogP contribution is -2.40. The third kappa shape index (κ3) is 4.48. The summed E-state index contributed by atoms with van der Waals surface area (Å²) in [5, 5.41) is 7.71. The van der Waals surface area contributed by atoms with Crippen molar-refractivity contribution in [3.05, 3.63) is 17.5 Å². The van der Waals surface area contributed by atoms with Crippen LogP contribution in [0, 0.1) is 5.92 Å². The molecule has 0 spiro atoms. The zero-order valence-corrected chi connectivity index (χ0v) is 15.9. The lowest BCUT2D eigenvalue weighted by atomic mass is 9.96. The van der Waals surface area contributed by atoms with Crippen molar-refractivity contribution in [2.24, 2.45) is 5.92 Å². The van der Waals surface area contributed by atoms with E-state index in [-0.39, 0.29) is 23.9 Å². The van der Waals surface area contributed by atoms with Gasteiger partial charge >= 0.3 is 0 Å². The van der Waals surface area contributed by atoms with Crippen LogP contribution in [0.25, 0.3) is 0 Å². The second-order valence-corrected chi connectivity index (χ2v) is 7.23. The number of halogens is 1. The summed E-state index contributed by atoms with van der Waals surface area (Å²) < 4.78 is 1.99. The number of aromatic nitrogens is 2. The topological polar surface area (TPSA) is 50.2 Å². The average molecular weight is 343 g/mol. The first kappa shape index (κ1) is 20.0. The van der Waals surface area contributed by atoms with E-state index in [2.05, 4.69) is 38.1 Å². The minimum atomic E-state index is -0.0936. The van der Waals surface area contributed by atoms with Crippen LogP contribution in [-0.4, -0.2) is 47.3 Å². The lowest BCUT2D eigenvalue weighted by molar-refractivity contribution is 0.0689. The Kier molecular flexibility index (Phi) is 7.08. The Morgan fingerprint density at radius 2 is 1.96 bits per heavy atom. The molecule has 0 atom stereocenters. The minimum absolute atomic E-state index is 0. The van der Waals surface area contributed by atoms with Gasteiger partial charge in [-0.05, 0) is 59.5 Å². The monoisotopic (exact) mass is 342 g/mol. The number of nitrogens with one attached hydrogen (secondary N) is 1. The number of hydrogen-bond donors (Lipinski definition) is 1. The summed E-state index contributed by atoms with van der Waals surface area (Å²) in [5.41, 5.74) is 1.74. The summed E-state index contributed by atoms with van der Waals surface area (Å²) in [5.74, 6) is 0.840. The fourth-order valence-corrected chi connectivity index (χ4v) is 3.27. The average Bonchev–Trinajstić information content (AvgIpc) is 2.91. The Balaban J connectivity index is 0.00000264. The summed E-state index contributed by atoms with van der Waals surface area (Å²) in [7, 11) is 1.99. The molecule has 0 bridgehead atoms. The first-order valence-electron chi connectivity index (χ1n) is 8.39. The van der Waals surface area contributed by atoms with Crippen LogP contribution in [0.4, 0.5) is 0 Å². The van der Waals surface area contributed by atoms with Crippen molar-refractivity contribution in [2.75, 3.05) is 26.7 Å². The van der Waals surface area contributed by atoms with Gasteiger partial charge < -0.3 is 10.2 Å². The SMILES string of the molecule is CCc1c(C(=O)N2CCC(CNC)CC2)cnn1C(C)(C)C.Cl. The molecule has 2 heterocycles. The third-order valence-electron chi connectivity index (χ3n) is 4.46. The van der Waals surface area contributed by atoms with Gasteiger partial charge in [0, 0.05) is 13.1 Å². The molecule has 0 aliphatic carbocycles. The molecular weight excluding hydrogens is 312 g/mol. The smallest absolute Gasteiger partial charge is 0.257 e. The maximum Gasteiger partial charge on any atom is 0.257 e. The molecule has 132 valence electrons. The van der Waals surface area contributed by atoms with Crippen molar-refractivity contribution in [1.82, 2.24) is 20.0 Å². The standard InChI is InChI=1S/C17H30N4O.ClH/c1-6-15-14(12-19-21(15)17(2,3)4)16(22)20-9-7-13(8-10-20)11-18-5;/h12-13,18H,6-11H2,1-5H3;1H. The second-order valence-electron chi connectivity index (χ2n) is 7.23. The molecule has 0 radical (unpaired) electrons. The molecule has 1 N–H and O–H groups in total. The number of likely N-dealkylation sites (tertiary alicyclic amines) is 1. The van der Waals surface area contributed by atoms with Crippen LogP contribution in [-0.2, 0) is 12.0 Å². The second kappa shape index (κ2) is 8.15. The normalized spacial score (nSPS) is 16.3. The molecule has 1 aromatic heterocycles. The van der Waals surface area contributed by atoms with Gasteiger partial charge in [-0.3, -0.25) is 9.48 Å². The molecule has 2 rings (SSSR count). The van der Waals surface area contributed by atoms with E-state index in [9.17, 15) is 4.79 Å². The number of carbonyl (C=O) groups is 1. The summed E-state index contributed by atoms with van der Waals surface area (Å²) in [4.78, 5) is 14.8. The van der Waals surface area contributed by atoms with Gasteiger partial charge in [-0.15, -0.1) is 12.4 Å². The highest BCUT2D eigenvalue weighted by Gasteiger charge is 2.28. The van der Waals surface area contributed by atoms with Gasteiger partial charge in [-0.2, -0.15) is 5.10 Å². The highest BCUT2D eigenvalue weighted by molar-refractivity contribution is 5.95. The number of amides is 1. The quantitative estimate of drug-likeness (QED) is 0.915. The van der Waals surface area contributed by atoms with Gasteiger partial charge in [0.2, 0.25) is 0 Å². The maximum absolute atomic E-state index is 12.8. The summed E-state index contributed by atoms with van der Waals surface area (Å²) in [6, 6.07) is 0. The Morgan fingerprint density at radius 1 is 1.35 bits per heavy atom. The molecule has 0 aromatic carbocycles. The highest BCUT2D eigenvalue weighted by Crippen LogP contribution is 2.23. The summed E-state index contributed by atoms with van der Waals surface area (Å²) >= 11 is 0. The van der Waals surface area contributed by atoms with Crippen molar-refractivity contribution < 1.29 is 4.79 Å². The molecule has 1 aliphatic heterocycles. The minimum Gasteiger partial charge on any atom is -0.339 e. The third-order valence-corrected chi connectivity index (χ3v) is 4.46. The van der Waals surface area contributed by atoms with Crippen LogP contribution >= 0.6 is 12.4 Å². The van der Waals surface area contributed by atoms with Gasteiger partial charge in [-0.1, -0.05) is 6.92 Å². The van der Waals surface area contributed by atoms with Gasteiger partial charge in [0.25, 0.3) is 5.91 Å². The van der Waals surface area contributed by atoms with Crippen LogP contribution < -0.4 is 5.32 Å². The van der Waals surface area contributed by atoms with Crippen molar-refractivity contribution >= 4 is 18.3 Å². The van der Waals surface area contributed by atoms with Crippen molar-refractivity contribution in [1.29, 1.82) is 0 Å². The Hall–Kier alpha value is -1.07. The number of hydrogen-bond acceptors (Lipinski definition) is 3. The van der Waals surface area contributed by atoms with E-state index < -0.39 is 0 Å².